The zero-order valence-corrected chi connectivity index (χ0v) is 21.4. The Morgan fingerprint density at radius 3 is 2.71 bits per heavy atom. The van der Waals surface area contributed by atoms with Gasteiger partial charge in [0.25, 0.3) is 5.91 Å². The number of halogens is 1. The summed E-state index contributed by atoms with van der Waals surface area (Å²) in [5.74, 6) is 0.0363. The van der Waals surface area contributed by atoms with E-state index in [1.165, 1.54) is 23.5 Å². The van der Waals surface area contributed by atoms with Crippen molar-refractivity contribution in [2.45, 2.75) is 18.9 Å². The molecule has 1 aromatic carbocycles. The largest absolute Gasteiger partial charge is 0.453 e. The Kier molecular flexibility index (Phi) is 6.69. The number of carbonyl (C=O) groups excluding carboxylic acids is 2. The maximum absolute atomic E-state index is 14.8. The van der Waals surface area contributed by atoms with Gasteiger partial charge < -0.3 is 30.9 Å². The van der Waals surface area contributed by atoms with Crippen molar-refractivity contribution < 1.29 is 18.7 Å². The number of fused-ring (bicyclic) bond motifs is 1. The van der Waals surface area contributed by atoms with Crippen LogP contribution >= 0.6 is 11.3 Å². The van der Waals surface area contributed by atoms with Gasteiger partial charge in [0.1, 0.15) is 5.76 Å². The van der Waals surface area contributed by atoms with Gasteiger partial charge in [-0.25, -0.2) is 9.18 Å². The third-order valence-electron chi connectivity index (χ3n) is 6.53. The van der Waals surface area contributed by atoms with E-state index in [0.29, 0.717) is 36.6 Å². The Hall–Kier alpha value is -3.96. The third kappa shape index (κ3) is 5.34. The zero-order valence-electron chi connectivity index (χ0n) is 20.6. The van der Waals surface area contributed by atoms with E-state index in [1.807, 2.05) is 29.2 Å². The molecule has 1 aliphatic carbocycles. The molecule has 6 rings (SSSR count). The monoisotopic (exact) mass is 534 g/mol. The summed E-state index contributed by atoms with van der Waals surface area (Å²) in [5, 5.41) is 12.0. The molecule has 0 unspecified atom stereocenters. The molecule has 0 bridgehead atoms. The van der Waals surface area contributed by atoms with Gasteiger partial charge in [-0.05, 0) is 49.2 Å². The molecular weight excluding hydrogens is 507 g/mol. The van der Waals surface area contributed by atoms with Crippen molar-refractivity contribution in [2.24, 2.45) is 0 Å². The van der Waals surface area contributed by atoms with Crippen molar-refractivity contribution in [3.8, 4) is 16.3 Å². The molecule has 2 aliphatic heterocycles. The highest BCUT2D eigenvalue weighted by atomic mass is 32.1. The van der Waals surface area contributed by atoms with Gasteiger partial charge >= 0.3 is 6.03 Å². The number of hydrogen-bond acceptors (Lipinski definition) is 7. The summed E-state index contributed by atoms with van der Waals surface area (Å²) in [6.45, 7) is 3.51. The first kappa shape index (κ1) is 24.4. The Morgan fingerprint density at radius 2 is 1.97 bits per heavy atom. The number of nitrogens with zero attached hydrogens (tertiary/aromatic N) is 2. The van der Waals surface area contributed by atoms with Gasteiger partial charge in [-0.3, -0.25) is 9.78 Å². The minimum Gasteiger partial charge on any atom is -0.453 e. The summed E-state index contributed by atoms with van der Waals surface area (Å²) in [4.78, 5) is 32.8. The molecule has 2 fully saturated rings. The topological polar surface area (TPSA) is 108 Å². The van der Waals surface area contributed by atoms with Crippen molar-refractivity contribution in [1.82, 2.24) is 20.5 Å². The fourth-order valence-electron chi connectivity index (χ4n) is 4.34. The van der Waals surface area contributed by atoms with Crippen LogP contribution in [0.2, 0.25) is 0 Å². The van der Waals surface area contributed by atoms with Gasteiger partial charge in [-0.1, -0.05) is 0 Å². The van der Waals surface area contributed by atoms with Crippen LogP contribution in [0, 0.1) is 5.82 Å². The Labute approximate surface area is 223 Å². The molecule has 9 nitrogen and oxygen atoms in total. The van der Waals surface area contributed by atoms with E-state index in [2.05, 4.69) is 26.3 Å². The number of ether oxygens (including phenoxy) is 1. The number of carbonyl (C=O) groups is 2. The van der Waals surface area contributed by atoms with Crippen LogP contribution in [-0.4, -0.2) is 60.6 Å². The second-order valence-electron chi connectivity index (χ2n) is 9.40. The minimum absolute atomic E-state index is 0.0110. The summed E-state index contributed by atoms with van der Waals surface area (Å²) in [5.41, 5.74) is 2.54. The van der Waals surface area contributed by atoms with Gasteiger partial charge in [0.05, 0.1) is 26.7 Å². The maximum atomic E-state index is 14.8. The molecule has 3 aliphatic rings. The highest BCUT2D eigenvalue weighted by Gasteiger charge is 2.24. The molecule has 11 heteroatoms. The Balaban J connectivity index is 1.15. The van der Waals surface area contributed by atoms with Crippen LogP contribution in [0.3, 0.4) is 0 Å². The Bertz CT molecular complexity index is 1400. The molecule has 4 N–H and O–H groups in total. The quantitative estimate of drug-likeness (QED) is 0.379. The van der Waals surface area contributed by atoms with Crippen molar-refractivity contribution in [3.63, 3.8) is 0 Å². The third-order valence-corrected chi connectivity index (χ3v) is 7.70. The summed E-state index contributed by atoms with van der Waals surface area (Å²) < 4.78 is 20.8. The second-order valence-corrected chi connectivity index (χ2v) is 10.4. The number of thiophene rings is 1. The van der Waals surface area contributed by atoms with Crippen LogP contribution in [0.5, 0.6) is 5.75 Å². The zero-order chi connectivity index (χ0) is 26.1. The van der Waals surface area contributed by atoms with Gasteiger partial charge in [-0.2, -0.15) is 0 Å². The van der Waals surface area contributed by atoms with E-state index in [0.717, 1.165) is 47.1 Å². The first-order chi connectivity index (χ1) is 18.5. The van der Waals surface area contributed by atoms with E-state index in [-0.39, 0.29) is 23.7 Å². The number of pyridine rings is 1. The number of urea groups is 1. The molecule has 0 radical (unpaired) electrons. The van der Waals surface area contributed by atoms with Crippen LogP contribution in [0.1, 0.15) is 28.1 Å². The average molecular weight is 535 g/mol. The predicted octanol–water partition coefficient (Wildman–Crippen LogP) is 4.12. The molecule has 4 heterocycles. The minimum atomic E-state index is -0.571. The number of benzene rings is 1. The summed E-state index contributed by atoms with van der Waals surface area (Å²) >= 11 is 1.48. The van der Waals surface area contributed by atoms with Gasteiger partial charge in [-0.15, -0.1) is 11.3 Å². The van der Waals surface area contributed by atoms with Crippen LogP contribution in [0.15, 0.2) is 48.7 Å². The molecule has 1 saturated carbocycles. The average Bonchev–Trinajstić information content (AvgIpc) is 3.64. The van der Waals surface area contributed by atoms with Gasteiger partial charge in [0.2, 0.25) is 0 Å². The van der Waals surface area contributed by atoms with Gasteiger partial charge in [0.15, 0.2) is 11.6 Å². The normalized spacial score (nSPS) is 16.7. The predicted molar refractivity (Wildman–Crippen MR) is 145 cm³/mol. The number of aromatic nitrogens is 1. The number of nitrogens with one attached hydrogen (secondary N) is 4. The van der Waals surface area contributed by atoms with Crippen LogP contribution in [0.25, 0.3) is 16.3 Å². The van der Waals surface area contributed by atoms with E-state index >= 15 is 0 Å². The lowest BCUT2D eigenvalue weighted by atomic mass is 10.2. The molecule has 3 aromatic rings. The lowest BCUT2D eigenvalue weighted by Gasteiger charge is -2.27. The molecule has 1 saturated heterocycles. The fraction of sp³-hybridized carbons (Fsp3) is 0.296. The number of piperazine rings is 1. The highest BCUT2D eigenvalue weighted by Crippen LogP contribution is 2.41. The lowest BCUT2D eigenvalue weighted by molar-refractivity contribution is 0.0735. The standard InChI is InChI=1S/C27H27FN6O3S/c28-19-13-18(33-27(36)32-17-2-3-17)4-6-22(19)37-23-7-8-30-21-14-24(38-25(21)23)20-5-1-16(15-31-20)26(35)34-11-9-29-10-12-34/h1,4-7,13-15,17,29-30H,2-3,8-12H2,(H2,32,33,36). The SMILES string of the molecule is O=C(Nc1ccc(OC2=CCNc3cc(-c4ccc(C(=O)N5CCNCC5)cn4)sc32)c(F)c1)NC1CC1. The van der Waals surface area contributed by atoms with E-state index in [9.17, 15) is 14.0 Å². The van der Waals surface area contributed by atoms with Crippen molar-refractivity contribution in [3.05, 3.63) is 64.9 Å². The highest BCUT2D eigenvalue weighted by molar-refractivity contribution is 7.17. The van der Waals surface area contributed by atoms with Gasteiger partial charge in [0, 0.05) is 56.7 Å². The molecule has 38 heavy (non-hydrogen) atoms. The number of rotatable bonds is 6. The van der Waals surface area contributed by atoms with Crippen LogP contribution < -0.4 is 26.0 Å². The lowest BCUT2D eigenvalue weighted by Crippen LogP contribution is -2.46. The fourth-order valence-corrected chi connectivity index (χ4v) is 5.43. The Morgan fingerprint density at radius 1 is 1.13 bits per heavy atom. The molecule has 0 atom stereocenters. The van der Waals surface area contributed by atoms with E-state index < -0.39 is 5.82 Å². The van der Waals surface area contributed by atoms with Crippen molar-refractivity contribution in [2.75, 3.05) is 43.4 Å². The maximum Gasteiger partial charge on any atom is 0.319 e. The summed E-state index contributed by atoms with van der Waals surface area (Å²) in [6.07, 6.45) is 5.43. The summed E-state index contributed by atoms with van der Waals surface area (Å²) in [7, 11) is 0. The molecular formula is C27H27FN6O3S. The molecule has 196 valence electrons. The molecule has 0 spiro atoms. The second kappa shape index (κ2) is 10.4. The first-order valence-electron chi connectivity index (χ1n) is 12.6. The van der Waals surface area contributed by atoms with Crippen molar-refractivity contribution in [1.29, 1.82) is 0 Å². The summed E-state index contributed by atoms with van der Waals surface area (Å²) in [6, 6.07) is 9.88. The van der Waals surface area contributed by atoms with E-state index in [1.54, 1.807) is 12.3 Å². The molecule has 2 aromatic heterocycles. The molecule has 3 amide bonds. The first-order valence-corrected chi connectivity index (χ1v) is 13.4. The van der Waals surface area contributed by atoms with E-state index in [4.69, 9.17) is 4.74 Å². The number of anilines is 2. The van der Waals surface area contributed by atoms with Crippen LogP contribution in [-0.2, 0) is 0 Å². The van der Waals surface area contributed by atoms with Crippen LogP contribution in [0.4, 0.5) is 20.6 Å². The number of hydrogen-bond donors (Lipinski definition) is 4. The number of amides is 3. The van der Waals surface area contributed by atoms with Crippen molar-refractivity contribution >= 4 is 40.4 Å². The smallest absolute Gasteiger partial charge is 0.319 e.